The van der Waals surface area contributed by atoms with Crippen molar-refractivity contribution in [3.05, 3.63) is 18.2 Å². The molecule has 124 valence electrons. The van der Waals surface area contributed by atoms with E-state index in [2.05, 4.69) is 17.1 Å². The van der Waals surface area contributed by atoms with Crippen LogP contribution in [0.5, 0.6) is 11.5 Å². The molecule has 3 aliphatic heterocycles. The summed E-state index contributed by atoms with van der Waals surface area (Å²) in [6, 6.07) is 6.06. The van der Waals surface area contributed by atoms with Gasteiger partial charge in [0.05, 0.1) is 19.3 Å². The Morgan fingerprint density at radius 1 is 1.22 bits per heavy atom. The Bertz CT molecular complexity index is 609. The molecule has 2 fully saturated rings. The quantitative estimate of drug-likeness (QED) is 0.847. The number of benzene rings is 1. The van der Waals surface area contributed by atoms with Crippen molar-refractivity contribution < 1.29 is 19.0 Å². The second kappa shape index (κ2) is 5.90. The largest absolute Gasteiger partial charge is 0.454 e. The molecule has 4 rings (SSSR count). The zero-order valence-corrected chi connectivity index (χ0v) is 13.2. The molecule has 2 amide bonds. The number of fused-ring (bicyclic) bond motifs is 2. The van der Waals surface area contributed by atoms with Gasteiger partial charge in [0.2, 0.25) is 6.79 Å². The Morgan fingerprint density at radius 3 is 3.00 bits per heavy atom. The highest BCUT2D eigenvalue weighted by atomic mass is 16.7. The number of piperazine rings is 1. The number of anilines is 1. The number of morpholine rings is 1. The molecule has 0 aromatic heterocycles. The molecule has 1 N–H and O–H groups in total. The Labute approximate surface area is 135 Å². The Balaban J connectivity index is 1.40. The summed E-state index contributed by atoms with van der Waals surface area (Å²) < 4.78 is 16.2. The maximum atomic E-state index is 12.5. The van der Waals surface area contributed by atoms with Gasteiger partial charge in [-0.05, 0) is 19.1 Å². The number of ether oxygens (including phenoxy) is 3. The molecule has 0 aliphatic carbocycles. The van der Waals surface area contributed by atoms with Crippen LogP contribution in [-0.2, 0) is 4.74 Å². The summed E-state index contributed by atoms with van der Waals surface area (Å²) in [6.45, 7) is 6.20. The lowest BCUT2D eigenvalue weighted by molar-refractivity contribution is -0.0675. The number of carbonyl (C=O) groups excluding carboxylic acids is 1. The Morgan fingerprint density at radius 2 is 2.09 bits per heavy atom. The number of nitrogens with zero attached hydrogens (tertiary/aromatic N) is 2. The molecule has 2 saturated heterocycles. The minimum absolute atomic E-state index is 0.0817. The van der Waals surface area contributed by atoms with Crippen LogP contribution in [0.2, 0.25) is 0 Å². The number of hydrogen-bond acceptors (Lipinski definition) is 5. The standard InChI is InChI=1S/C16H21N3O4/c1-11-8-21-9-13-7-18(4-5-19(11)13)16(20)17-12-2-3-14-15(6-12)23-10-22-14/h2-3,6,11,13H,4-5,7-10H2,1H3,(H,17,20)/t11-,13+/m0/s1. The summed E-state index contributed by atoms with van der Waals surface area (Å²) in [4.78, 5) is 16.8. The minimum Gasteiger partial charge on any atom is -0.454 e. The molecule has 0 unspecified atom stereocenters. The van der Waals surface area contributed by atoms with Crippen molar-refractivity contribution in [2.24, 2.45) is 0 Å². The summed E-state index contributed by atoms with van der Waals surface area (Å²) in [5, 5.41) is 2.94. The van der Waals surface area contributed by atoms with Crippen molar-refractivity contribution in [2.45, 2.75) is 19.0 Å². The first kappa shape index (κ1) is 14.6. The second-order valence-corrected chi connectivity index (χ2v) is 6.22. The normalized spacial score (nSPS) is 26.7. The lowest BCUT2D eigenvalue weighted by Gasteiger charge is -2.46. The van der Waals surface area contributed by atoms with Crippen LogP contribution >= 0.6 is 0 Å². The minimum atomic E-state index is -0.0817. The second-order valence-electron chi connectivity index (χ2n) is 6.22. The molecule has 0 bridgehead atoms. The van der Waals surface area contributed by atoms with Gasteiger partial charge in [0, 0.05) is 37.4 Å². The number of rotatable bonds is 1. The van der Waals surface area contributed by atoms with E-state index in [1.807, 2.05) is 17.0 Å². The lowest BCUT2D eigenvalue weighted by atomic mass is 10.1. The topological polar surface area (TPSA) is 63.3 Å². The Kier molecular flexibility index (Phi) is 3.74. The van der Waals surface area contributed by atoms with Crippen molar-refractivity contribution >= 4 is 11.7 Å². The molecule has 1 aromatic rings. The van der Waals surface area contributed by atoms with Crippen molar-refractivity contribution in [1.29, 1.82) is 0 Å². The fourth-order valence-corrected chi connectivity index (χ4v) is 3.43. The van der Waals surface area contributed by atoms with Crippen molar-refractivity contribution in [3.8, 4) is 11.5 Å². The Hall–Kier alpha value is -1.99. The van der Waals surface area contributed by atoms with E-state index in [4.69, 9.17) is 14.2 Å². The van der Waals surface area contributed by atoms with E-state index in [9.17, 15) is 4.79 Å². The number of hydrogen-bond donors (Lipinski definition) is 1. The van der Waals surface area contributed by atoms with Gasteiger partial charge in [-0.15, -0.1) is 0 Å². The van der Waals surface area contributed by atoms with Gasteiger partial charge in [-0.2, -0.15) is 0 Å². The highest BCUT2D eigenvalue weighted by molar-refractivity contribution is 5.89. The van der Waals surface area contributed by atoms with Crippen LogP contribution < -0.4 is 14.8 Å². The summed E-state index contributed by atoms with van der Waals surface area (Å²) in [7, 11) is 0. The van der Waals surface area contributed by atoms with Crippen LogP contribution in [0.25, 0.3) is 0 Å². The molecule has 0 spiro atoms. The molecule has 2 atom stereocenters. The molecular weight excluding hydrogens is 298 g/mol. The fourth-order valence-electron chi connectivity index (χ4n) is 3.43. The smallest absolute Gasteiger partial charge is 0.321 e. The van der Waals surface area contributed by atoms with E-state index in [-0.39, 0.29) is 18.9 Å². The summed E-state index contributed by atoms with van der Waals surface area (Å²) in [6.07, 6.45) is 0. The zero-order valence-electron chi connectivity index (χ0n) is 13.2. The highest BCUT2D eigenvalue weighted by Crippen LogP contribution is 2.34. The number of amides is 2. The first-order valence-corrected chi connectivity index (χ1v) is 8.00. The van der Waals surface area contributed by atoms with E-state index in [0.29, 0.717) is 30.7 Å². The fraction of sp³-hybridized carbons (Fsp3) is 0.562. The summed E-state index contributed by atoms with van der Waals surface area (Å²) in [5.74, 6) is 1.38. The molecule has 7 nitrogen and oxygen atoms in total. The average molecular weight is 319 g/mol. The van der Waals surface area contributed by atoms with Gasteiger partial charge >= 0.3 is 6.03 Å². The van der Waals surface area contributed by atoms with Crippen molar-refractivity contribution in [2.75, 3.05) is 45.0 Å². The predicted molar refractivity (Wildman–Crippen MR) is 83.9 cm³/mol. The molecule has 3 aliphatic rings. The van der Waals surface area contributed by atoms with Crippen LogP contribution in [0, 0.1) is 0 Å². The van der Waals surface area contributed by atoms with Crippen LogP contribution in [0.1, 0.15) is 6.92 Å². The third-order valence-corrected chi connectivity index (χ3v) is 4.67. The van der Waals surface area contributed by atoms with Gasteiger partial charge in [-0.1, -0.05) is 0 Å². The number of carbonyl (C=O) groups is 1. The van der Waals surface area contributed by atoms with Gasteiger partial charge in [-0.25, -0.2) is 4.79 Å². The van der Waals surface area contributed by atoms with Gasteiger partial charge in [0.1, 0.15) is 0 Å². The van der Waals surface area contributed by atoms with Crippen LogP contribution in [0.3, 0.4) is 0 Å². The SMILES string of the molecule is C[C@H]1COC[C@H]2CN(C(=O)Nc3ccc4c(c3)OCO4)CCN21. The lowest BCUT2D eigenvalue weighted by Crippen LogP contribution is -2.62. The molecule has 7 heteroatoms. The van der Waals surface area contributed by atoms with E-state index in [0.717, 1.165) is 25.4 Å². The molecule has 0 radical (unpaired) electrons. The third-order valence-electron chi connectivity index (χ3n) is 4.67. The molecule has 23 heavy (non-hydrogen) atoms. The summed E-state index contributed by atoms with van der Waals surface area (Å²) in [5.41, 5.74) is 0.718. The molecular formula is C16H21N3O4. The van der Waals surface area contributed by atoms with Gasteiger partial charge in [0.25, 0.3) is 0 Å². The maximum Gasteiger partial charge on any atom is 0.321 e. The van der Waals surface area contributed by atoms with Gasteiger partial charge < -0.3 is 24.4 Å². The van der Waals surface area contributed by atoms with Crippen LogP contribution in [0.15, 0.2) is 18.2 Å². The van der Waals surface area contributed by atoms with Gasteiger partial charge in [-0.3, -0.25) is 4.90 Å². The average Bonchev–Trinajstić information content (AvgIpc) is 3.02. The molecule has 1 aromatic carbocycles. The first-order valence-electron chi connectivity index (χ1n) is 8.00. The number of urea groups is 1. The van der Waals surface area contributed by atoms with E-state index in [1.54, 1.807) is 6.07 Å². The van der Waals surface area contributed by atoms with Crippen LogP contribution in [-0.4, -0.2) is 67.6 Å². The zero-order chi connectivity index (χ0) is 15.8. The monoisotopic (exact) mass is 319 g/mol. The van der Waals surface area contributed by atoms with Crippen molar-refractivity contribution in [3.63, 3.8) is 0 Å². The van der Waals surface area contributed by atoms with Crippen LogP contribution in [0.4, 0.5) is 10.5 Å². The van der Waals surface area contributed by atoms with E-state index >= 15 is 0 Å². The molecule has 3 heterocycles. The number of nitrogens with one attached hydrogen (secondary N) is 1. The van der Waals surface area contributed by atoms with Gasteiger partial charge in [0.15, 0.2) is 11.5 Å². The third kappa shape index (κ3) is 2.82. The van der Waals surface area contributed by atoms with Crippen molar-refractivity contribution in [1.82, 2.24) is 9.80 Å². The summed E-state index contributed by atoms with van der Waals surface area (Å²) >= 11 is 0. The molecule has 0 saturated carbocycles. The predicted octanol–water partition coefficient (Wildman–Crippen LogP) is 1.35. The maximum absolute atomic E-state index is 12.5. The highest BCUT2D eigenvalue weighted by Gasteiger charge is 2.35. The van der Waals surface area contributed by atoms with E-state index in [1.165, 1.54) is 0 Å². The first-order chi connectivity index (χ1) is 11.2. The van der Waals surface area contributed by atoms with E-state index < -0.39 is 0 Å².